The van der Waals surface area contributed by atoms with E-state index in [2.05, 4.69) is 29.8 Å². The van der Waals surface area contributed by atoms with Gasteiger partial charge in [0.05, 0.1) is 21.7 Å². The first kappa shape index (κ1) is 28.0. The van der Waals surface area contributed by atoms with Crippen molar-refractivity contribution in [2.45, 2.75) is 17.7 Å². The molecule has 0 saturated heterocycles. The van der Waals surface area contributed by atoms with Gasteiger partial charge in [-0.3, -0.25) is 4.72 Å². The molecule has 0 spiro atoms. The third-order valence-corrected chi connectivity index (χ3v) is 8.53. The Bertz CT molecular complexity index is 1680. The zero-order valence-electron chi connectivity index (χ0n) is 20.4. The number of unbranched alkanes of at least 4 members (excludes halogenated alkanes) is 1. The Morgan fingerprint density at radius 3 is 2.39 bits per heavy atom. The van der Waals surface area contributed by atoms with E-state index in [4.69, 9.17) is 23.2 Å². The standard InChI is InChI=1S/C23H25Cl2N7O4S2/c1-32-22-17(14-27-23(29-22)26-12-3-4-13-28-37(2,33)34)21(30-32)15-8-10-16(11-9-15)31-38(35,36)19-7-5-6-18(24)20(19)25/h5-11,14,28,31H,3-4,12-13H2,1-2H3,(H,26,27,29). The van der Waals surface area contributed by atoms with Crippen molar-refractivity contribution in [1.29, 1.82) is 0 Å². The molecule has 202 valence electrons. The number of aromatic nitrogens is 4. The maximum atomic E-state index is 12.8. The Kier molecular flexibility index (Phi) is 8.43. The highest BCUT2D eigenvalue weighted by molar-refractivity contribution is 7.92. The van der Waals surface area contributed by atoms with Crippen LogP contribution in [0.25, 0.3) is 22.3 Å². The number of sulfonamides is 2. The van der Waals surface area contributed by atoms with Crippen LogP contribution in [0.1, 0.15) is 12.8 Å². The minimum atomic E-state index is -3.94. The summed E-state index contributed by atoms with van der Waals surface area (Å²) in [4.78, 5) is 8.81. The Labute approximate surface area is 230 Å². The monoisotopic (exact) mass is 597 g/mol. The van der Waals surface area contributed by atoms with Gasteiger partial charge in [-0.2, -0.15) is 10.1 Å². The molecule has 0 aliphatic carbocycles. The lowest BCUT2D eigenvalue weighted by Crippen LogP contribution is -2.23. The van der Waals surface area contributed by atoms with Crippen molar-refractivity contribution < 1.29 is 16.8 Å². The average molecular weight is 599 g/mol. The highest BCUT2D eigenvalue weighted by Gasteiger charge is 2.20. The summed E-state index contributed by atoms with van der Waals surface area (Å²) in [5.41, 5.74) is 2.37. The Morgan fingerprint density at radius 2 is 1.68 bits per heavy atom. The molecule has 38 heavy (non-hydrogen) atoms. The number of nitrogens with zero attached hydrogens (tertiary/aromatic N) is 4. The predicted octanol–water partition coefficient (Wildman–Crippen LogP) is 3.88. The third-order valence-electron chi connectivity index (χ3n) is 5.45. The van der Waals surface area contributed by atoms with Gasteiger partial charge in [0.25, 0.3) is 10.0 Å². The molecule has 3 N–H and O–H groups in total. The molecule has 0 saturated carbocycles. The maximum absolute atomic E-state index is 12.8. The molecule has 0 atom stereocenters. The second-order valence-corrected chi connectivity index (χ2v) is 12.7. The molecule has 0 bridgehead atoms. The van der Waals surface area contributed by atoms with Gasteiger partial charge < -0.3 is 5.32 Å². The van der Waals surface area contributed by atoms with Gasteiger partial charge in [-0.15, -0.1) is 0 Å². The van der Waals surface area contributed by atoms with Gasteiger partial charge in [-0.05, 0) is 37.1 Å². The number of hydrogen-bond donors (Lipinski definition) is 3. The lowest BCUT2D eigenvalue weighted by Gasteiger charge is -2.10. The number of fused-ring (bicyclic) bond motifs is 1. The predicted molar refractivity (Wildman–Crippen MR) is 150 cm³/mol. The van der Waals surface area contributed by atoms with E-state index in [1.165, 1.54) is 18.2 Å². The van der Waals surface area contributed by atoms with E-state index in [0.717, 1.165) is 23.6 Å². The Hall–Kier alpha value is -2.97. The van der Waals surface area contributed by atoms with Crippen molar-refractivity contribution in [3.05, 3.63) is 58.7 Å². The zero-order valence-corrected chi connectivity index (χ0v) is 23.6. The number of benzene rings is 2. The molecule has 2 aromatic heterocycles. The summed E-state index contributed by atoms with van der Waals surface area (Å²) in [6.07, 6.45) is 4.22. The van der Waals surface area contributed by atoms with E-state index in [-0.39, 0.29) is 14.9 Å². The first-order valence-corrected chi connectivity index (χ1v) is 15.5. The van der Waals surface area contributed by atoms with Crippen LogP contribution in [-0.4, -0.2) is 55.9 Å². The summed E-state index contributed by atoms with van der Waals surface area (Å²) < 4.78 is 54.4. The van der Waals surface area contributed by atoms with Crippen LogP contribution < -0.4 is 14.8 Å². The van der Waals surface area contributed by atoms with Crippen LogP contribution >= 0.6 is 23.2 Å². The van der Waals surface area contributed by atoms with E-state index in [0.29, 0.717) is 42.5 Å². The van der Waals surface area contributed by atoms with Crippen molar-refractivity contribution in [2.75, 3.05) is 29.4 Å². The molecule has 2 heterocycles. The fraction of sp³-hybridized carbons (Fsp3) is 0.261. The van der Waals surface area contributed by atoms with Crippen molar-refractivity contribution in [3.63, 3.8) is 0 Å². The van der Waals surface area contributed by atoms with Crippen molar-refractivity contribution in [1.82, 2.24) is 24.5 Å². The van der Waals surface area contributed by atoms with Gasteiger partial charge in [0.2, 0.25) is 16.0 Å². The van der Waals surface area contributed by atoms with Gasteiger partial charge in [0, 0.05) is 37.6 Å². The lowest BCUT2D eigenvalue weighted by atomic mass is 10.1. The van der Waals surface area contributed by atoms with Crippen LogP contribution in [0.5, 0.6) is 0 Å². The van der Waals surface area contributed by atoms with Crippen LogP contribution in [0, 0.1) is 0 Å². The molecule has 15 heteroatoms. The van der Waals surface area contributed by atoms with Crippen LogP contribution in [0.2, 0.25) is 10.0 Å². The molecular weight excluding hydrogens is 573 g/mol. The molecular formula is C23H25Cl2N7O4S2. The fourth-order valence-corrected chi connectivity index (χ4v) is 5.98. The van der Waals surface area contributed by atoms with Gasteiger partial charge >= 0.3 is 0 Å². The molecule has 0 fully saturated rings. The summed E-state index contributed by atoms with van der Waals surface area (Å²) >= 11 is 12.0. The molecule has 4 aromatic rings. The normalized spacial score (nSPS) is 12.1. The fourth-order valence-electron chi connectivity index (χ4n) is 3.64. The SMILES string of the molecule is Cn1nc(-c2ccc(NS(=O)(=O)c3cccc(Cl)c3Cl)cc2)c2cnc(NCCCCNS(C)(=O)=O)nc21. The molecule has 0 radical (unpaired) electrons. The minimum Gasteiger partial charge on any atom is -0.354 e. The number of nitrogens with one attached hydrogen (secondary N) is 3. The van der Waals surface area contributed by atoms with Gasteiger partial charge in [0.15, 0.2) is 5.65 Å². The van der Waals surface area contributed by atoms with E-state index in [1.54, 1.807) is 42.2 Å². The largest absolute Gasteiger partial charge is 0.354 e. The highest BCUT2D eigenvalue weighted by atomic mass is 35.5. The van der Waals surface area contributed by atoms with Crippen LogP contribution in [0.15, 0.2) is 53.6 Å². The summed E-state index contributed by atoms with van der Waals surface area (Å²) in [7, 11) is -5.35. The number of aryl methyl sites for hydroxylation is 1. The highest BCUT2D eigenvalue weighted by Crippen LogP contribution is 2.31. The van der Waals surface area contributed by atoms with Crippen molar-refractivity contribution >= 4 is 65.9 Å². The minimum absolute atomic E-state index is 0.0453. The summed E-state index contributed by atoms with van der Waals surface area (Å²) in [5.74, 6) is 0.438. The summed E-state index contributed by atoms with van der Waals surface area (Å²) in [6, 6.07) is 11.2. The third kappa shape index (κ3) is 6.72. The smallest absolute Gasteiger partial charge is 0.263 e. The first-order chi connectivity index (χ1) is 17.9. The maximum Gasteiger partial charge on any atom is 0.263 e. The lowest BCUT2D eigenvalue weighted by molar-refractivity contribution is 0.583. The van der Waals surface area contributed by atoms with Gasteiger partial charge in [-0.25, -0.2) is 31.2 Å². The molecule has 11 nitrogen and oxygen atoms in total. The van der Waals surface area contributed by atoms with Crippen molar-refractivity contribution in [2.24, 2.45) is 7.05 Å². The summed E-state index contributed by atoms with van der Waals surface area (Å²) in [5, 5.41) is 8.54. The quantitative estimate of drug-likeness (QED) is 0.221. The molecule has 0 amide bonds. The Morgan fingerprint density at radius 1 is 0.974 bits per heavy atom. The van der Waals surface area contributed by atoms with Crippen molar-refractivity contribution in [3.8, 4) is 11.3 Å². The zero-order chi connectivity index (χ0) is 27.5. The van der Waals surface area contributed by atoms with E-state index in [9.17, 15) is 16.8 Å². The van der Waals surface area contributed by atoms with Gasteiger partial charge in [-0.1, -0.05) is 41.4 Å². The first-order valence-electron chi connectivity index (χ1n) is 11.4. The summed E-state index contributed by atoms with van der Waals surface area (Å²) in [6.45, 7) is 0.958. The number of rotatable bonds is 11. The number of anilines is 2. The second-order valence-electron chi connectivity index (χ2n) is 8.44. The van der Waals surface area contributed by atoms with Crippen LogP contribution in [0.3, 0.4) is 0 Å². The van der Waals surface area contributed by atoms with Crippen LogP contribution in [-0.2, 0) is 27.1 Å². The van der Waals surface area contributed by atoms with E-state index >= 15 is 0 Å². The Balaban J connectivity index is 1.45. The number of hydrogen-bond acceptors (Lipinski definition) is 8. The molecule has 2 aromatic carbocycles. The second kappa shape index (κ2) is 11.4. The van der Waals surface area contributed by atoms with Crippen LogP contribution in [0.4, 0.5) is 11.6 Å². The molecule has 0 unspecified atom stereocenters. The van der Waals surface area contributed by atoms with Gasteiger partial charge in [0.1, 0.15) is 10.6 Å². The average Bonchev–Trinajstić information content (AvgIpc) is 3.18. The van der Waals surface area contributed by atoms with E-state index < -0.39 is 20.0 Å². The molecule has 0 aliphatic heterocycles. The number of halogens is 2. The molecule has 0 aliphatic rings. The molecule has 4 rings (SSSR count). The topological polar surface area (TPSA) is 148 Å². The van der Waals surface area contributed by atoms with E-state index in [1.807, 2.05) is 0 Å².